The summed E-state index contributed by atoms with van der Waals surface area (Å²) in [7, 11) is 0. The Morgan fingerprint density at radius 3 is 2.92 bits per heavy atom. The molecule has 0 bridgehead atoms. The fourth-order valence-corrected chi connectivity index (χ4v) is 1.98. The minimum Gasteiger partial charge on any atom is -0.391 e. The van der Waals surface area contributed by atoms with E-state index in [-0.39, 0.29) is 12.1 Å². The summed E-state index contributed by atoms with van der Waals surface area (Å²) < 4.78 is 0. The lowest BCUT2D eigenvalue weighted by molar-refractivity contribution is 0.136. The lowest BCUT2D eigenvalue weighted by atomic mass is 9.99. The van der Waals surface area contributed by atoms with Crippen molar-refractivity contribution in [3.8, 4) is 0 Å². The van der Waals surface area contributed by atoms with Gasteiger partial charge in [0.05, 0.1) is 12.1 Å². The van der Waals surface area contributed by atoms with E-state index in [0.29, 0.717) is 0 Å². The zero-order valence-corrected chi connectivity index (χ0v) is 7.61. The molecule has 0 aliphatic heterocycles. The van der Waals surface area contributed by atoms with Crippen LogP contribution in [0.5, 0.6) is 0 Å². The van der Waals surface area contributed by atoms with Crippen LogP contribution in [0.4, 0.5) is 0 Å². The van der Waals surface area contributed by atoms with Gasteiger partial charge >= 0.3 is 0 Å². The lowest BCUT2D eigenvalue weighted by Gasteiger charge is -2.17. The van der Waals surface area contributed by atoms with Gasteiger partial charge in [0.25, 0.3) is 0 Å². The van der Waals surface area contributed by atoms with Crippen molar-refractivity contribution >= 4 is 0 Å². The van der Waals surface area contributed by atoms with Crippen LogP contribution >= 0.6 is 0 Å². The zero-order chi connectivity index (χ0) is 9.26. The van der Waals surface area contributed by atoms with E-state index >= 15 is 0 Å². The second kappa shape index (κ2) is 3.48. The van der Waals surface area contributed by atoms with Crippen LogP contribution < -0.4 is 5.73 Å². The van der Waals surface area contributed by atoms with E-state index in [9.17, 15) is 5.11 Å². The van der Waals surface area contributed by atoms with Crippen molar-refractivity contribution in [1.82, 2.24) is 0 Å². The van der Waals surface area contributed by atoms with Crippen LogP contribution in [-0.2, 0) is 6.42 Å². The molecule has 0 radical (unpaired) electrons. The maximum absolute atomic E-state index is 9.68. The normalized spacial score (nSPS) is 27.8. The summed E-state index contributed by atoms with van der Waals surface area (Å²) in [6.07, 6.45) is 2.52. The molecular formula is C11H15NO. The van der Waals surface area contributed by atoms with Crippen molar-refractivity contribution in [3.05, 3.63) is 35.4 Å². The molecular weight excluding hydrogens is 162 g/mol. The van der Waals surface area contributed by atoms with Crippen LogP contribution in [0.15, 0.2) is 24.3 Å². The van der Waals surface area contributed by atoms with E-state index in [4.69, 9.17) is 5.73 Å². The predicted octanol–water partition coefficient (Wildman–Crippen LogP) is 1.38. The van der Waals surface area contributed by atoms with Crippen LogP contribution in [0.25, 0.3) is 0 Å². The first-order chi connectivity index (χ1) is 6.29. The summed E-state index contributed by atoms with van der Waals surface area (Å²) in [5, 5.41) is 9.68. The van der Waals surface area contributed by atoms with Gasteiger partial charge in [-0.25, -0.2) is 0 Å². The molecule has 1 aromatic carbocycles. The Bertz CT molecular complexity index is 298. The van der Waals surface area contributed by atoms with Gasteiger partial charge in [-0.1, -0.05) is 24.3 Å². The molecule has 0 amide bonds. The van der Waals surface area contributed by atoms with Crippen molar-refractivity contribution in [3.63, 3.8) is 0 Å². The van der Waals surface area contributed by atoms with Gasteiger partial charge in [-0.15, -0.1) is 0 Å². The molecule has 1 aromatic rings. The SMILES string of the molecule is NC1c2ccccc2CCC[C@@H]1O. The number of aryl methyl sites for hydroxylation is 1. The minimum atomic E-state index is -0.372. The fraction of sp³-hybridized carbons (Fsp3) is 0.455. The molecule has 0 saturated carbocycles. The highest BCUT2D eigenvalue weighted by Crippen LogP contribution is 2.26. The fourth-order valence-electron chi connectivity index (χ4n) is 1.98. The van der Waals surface area contributed by atoms with E-state index in [1.807, 2.05) is 18.2 Å². The quantitative estimate of drug-likeness (QED) is 0.588. The highest BCUT2D eigenvalue weighted by atomic mass is 16.3. The third-order valence-corrected chi connectivity index (χ3v) is 2.77. The maximum atomic E-state index is 9.68. The maximum Gasteiger partial charge on any atom is 0.0733 e. The zero-order valence-electron chi connectivity index (χ0n) is 7.61. The molecule has 0 saturated heterocycles. The van der Waals surface area contributed by atoms with Crippen LogP contribution in [0.1, 0.15) is 30.0 Å². The van der Waals surface area contributed by atoms with Gasteiger partial charge < -0.3 is 10.8 Å². The minimum absolute atomic E-state index is 0.196. The molecule has 2 nitrogen and oxygen atoms in total. The highest BCUT2D eigenvalue weighted by molar-refractivity contribution is 5.31. The van der Waals surface area contributed by atoms with Crippen LogP contribution in [0, 0.1) is 0 Å². The molecule has 2 rings (SSSR count). The second-order valence-electron chi connectivity index (χ2n) is 3.68. The third kappa shape index (κ3) is 1.60. The van der Waals surface area contributed by atoms with E-state index in [2.05, 4.69) is 6.07 Å². The highest BCUT2D eigenvalue weighted by Gasteiger charge is 2.21. The largest absolute Gasteiger partial charge is 0.391 e. The Balaban J connectivity index is 2.40. The Hall–Kier alpha value is -0.860. The molecule has 1 aliphatic carbocycles. The van der Waals surface area contributed by atoms with E-state index in [1.165, 1.54) is 5.56 Å². The topological polar surface area (TPSA) is 46.2 Å². The summed E-state index contributed by atoms with van der Waals surface area (Å²) in [6, 6.07) is 7.94. The van der Waals surface area contributed by atoms with E-state index in [1.54, 1.807) is 0 Å². The van der Waals surface area contributed by atoms with E-state index in [0.717, 1.165) is 24.8 Å². The summed E-state index contributed by atoms with van der Waals surface area (Å²) in [6.45, 7) is 0. The summed E-state index contributed by atoms with van der Waals surface area (Å²) in [5.41, 5.74) is 8.36. The Labute approximate surface area is 78.4 Å². The van der Waals surface area contributed by atoms with Gasteiger partial charge in [-0.05, 0) is 30.4 Å². The standard InChI is InChI=1S/C11H15NO/c12-11-9-6-2-1-4-8(9)5-3-7-10(11)13/h1-2,4,6,10-11,13H,3,5,7,12H2/t10-,11?/m0/s1. The number of hydrogen-bond donors (Lipinski definition) is 2. The van der Waals surface area contributed by atoms with Crippen molar-refractivity contribution in [2.75, 3.05) is 0 Å². The molecule has 0 aromatic heterocycles. The Kier molecular flexibility index (Phi) is 2.34. The number of benzene rings is 1. The van der Waals surface area contributed by atoms with Crippen molar-refractivity contribution in [2.45, 2.75) is 31.4 Å². The summed E-state index contributed by atoms with van der Waals surface area (Å²) in [5.74, 6) is 0. The predicted molar refractivity (Wildman–Crippen MR) is 52.3 cm³/mol. The first-order valence-corrected chi connectivity index (χ1v) is 4.80. The van der Waals surface area contributed by atoms with Crippen LogP contribution in [0.2, 0.25) is 0 Å². The number of rotatable bonds is 0. The third-order valence-electron chi connectivity index (χ3n) is 2.77. The molecule has 0 fully saturated rings. The lowest BCUT2D eigenvalue weighted by Crippen LogP contribution is -2.25. The van der Waals surface area contributed by atoms with Gasteiger partial charge in [-0.2, -0.15) is 0 Å². The molecule has 1 aliphatic rings. The second-order valence-corrected chi connectivity index (χ2v) is 3.68. The summed E-state index contributed by atoms with van der Waals surface area (Å²) in [4.78, 5) is 0. The Morgan fingerprint density at radius 1 is 1.31 bits per heavy atom. The van der Waals surface area contributed by atoms with Crippen molar-refractivity contribution < 1.29 is 5.11 Å². The summed E-state index contributed by atoms with van der Waals surface area (Å²) >= 11 is 0. The first kappa shape index (κ1) is 8.73. The molecule has 2 atom stereocenters. The first-order valence-electron chi connectivity index (χ1n) is 4.80. The monoisotopic (exact) mass is 177 g/mol. The molecule has 0 spiro atoms. The molecule has 70 valence electrons. The van der Waals surface area contributed by atoms with Gasteiger partial charge in [0.15, 0.2) is 0 Å². The average Bonchev–Trinajstić information content (AvgIpc) is 2.29. The molecule has 2 heteroatoms. The smallest absolute Gasteiger partial charge is 0.0733 e. The van der Waals surface area contributed by atoms with Crippen LogP contribution in [0.3, 0.4) is 0 Å². The average molecular weight is 177 g/mol. The molecule has 3 N–H and O–H groups in total. The molecule has 13 heavy (non-hydrogen) atoms. The number of fused-ring (bicyclic) bond motifs is 1. The van der Waals surface area contributed by atoms with Crippen molar-refractivity contribution in [2.24, 2.45) is 5.73 Å². The Morgan fingerprint density at radius 2 is 2.08 bits per heavy atom. The van der Waals surface area contributed by atoms with Gasteiger partial charge in [-0.3, -0.25) is 0 Å². The van der Waals surface area contributed by atoms with Crippen molar-refractivity contribution in [1.29, 1.82) is 0 Å². The number of nitrogens with two attached hydrogens (primary N) is 1. The van der Waals surface area contributed by atoms with Crippen LogP contribution in [-0.4, -0.2) is 11.2 Å². The van der Waals surface area contributed by atoms with E-state index < -0.39 is 0 Å². The van der Waals surface area contributed by atoms with Gasteiger partial charge in [0, 0.05) is 0 Å². The van der Waals surface area contributed by atoms with Gasteiger partial charge in [0.2, 0.25) is 0 Å². The molecule has 0 heterocycles. The number of hydrogen-bond acceptors (Lipinski definition) is 2. The number of aliphatic hydroxyl groups is 1. The van der Waals surface area contributed by atoms with Gasteiger partial charge in [0.1, 0.15) is 0 Å². The number of aliphatic hydroxyl groups excluding tert-OH is 1. The molecule has 1 unspecified atom stereocenters.